The Labute approximate surface area is 176 Å². The number of hydrogen-bond acceptors (Lipinski definition) is 3. The molecule has 3 rings (SSSR count). The van der Waals surface area contributed by atoms with Crippen LogP contribution in [0.2, 0.25) is 0 Å². The predicted octanol–water partition coefficient (Wildman–Crippen LogP) is 5.02. The average Bonchev–Trinajstić information content (AvgIpc) is 2.71. The zero-order valence-corrected chi connectivity index (χ0v) is 17.2. The SMILES string of the molecule is Cc1cc(C)c(/C=N\NC(=O)c2ccc(NC(=O)Nc3ccccc3)cc2)c(C)c1. The second-order valence-electron chi connectivity index (χ2n) is 7.03. The van der Waals surface area contributed by atoms with E-state index in [1.165, 1.54) is 5.56 Å². The van der Waals surface area contributed by atoms with Crippen molar-refractivity contribution in [3.05, 3.63) is 94.5 Å². The molecule has 0 aliphatic rings. The van der Waals surface area contributed by atoms with Crippen LogP contribution in [0.15, 0.2) is 71.8 Å². The molecule has 3 aromatic rings. The third kappa shape index (κ3) is 5.54. The van der Waals surface area contributed by atoms with Gasteiger partial charge in [-0.3, -0.25) is 4.79 Å². The predicted molar refractivity (Wildman–Crippen MR) is 121 cm³/mol. The van der Waals surface area contributed by atoms with Gasteiger partial charge in [-0.15, -0.1) is 0 Å². The Morgan fingerprint density at radius 1 is 0.800 bits per heavy atom. The van der Waals surface area contributed by atoms with E-state index in [1.807, 2.05) is 39.0 Å². The second kappa shape index (κ2) is 9.52. The third-order valence-electron chi connectivity index (χ3n) is 4.53. The van der Waals surface area contributed by atoms with Crippen molar-refractivity contribution in [3.63, 3.8) is 0 Å². The first-order valence-corrected chi connectivity index (χ1v) is 9.57. The molecule has 3 aromatic carbocycles. The molecular weight excluding hydrogens is 376 g/mol. The molecule has 0 unspecified atom stereocenters. The number of urea groups is 1. The largest absolute Gasteiger partial charge is 0.323 e. The van der Waals surface area contributed by atoms with Crippen LogP contribution in [0.5, 0.6) is 0 Å². The number of carbonyl (C=O) groups is 2. The lowest BCUT2D eigenvalue weighted by atomic mass is 10.0. The van der Waals surface area contributed by atoms with Gasteiger partial charge in [-0.05, 0) is 68.3 Å². The molecule has 3 N–H and O–H groups in total. The van der Waals surface area contributed by atoms with E-state index in [0.29, 0.717) is 16.9 Å². The van der Waals surface area contributed by atoms with E-state index in [9.17, 15) is 9.59 Å². The third-order valence-corrected chi connectivity index (χ3v) is 4.53. The summed E-state index contributed by atoms with van der Waals surface area (Å²) in [6.07, 6.45) is 1.66. The number of para-hydroxylation sites is 1. The quantitative estimate of drug-likeness (QED) is 0.415. The Morgan fingerprint density at radius 3 is 1.97 bits per heavy atom. The van der Waals surface area contributed by atoms with Crippen molar-refractivity contribution in [2.45, 2.75) is 20.8 Å². The molecule has 152 valence electrons. The highest BCUT2D eigenvalue weighted by Gasteiger charge is 2.07. The number of nitrogens with one attached hydrogen (secondary N) is 3. The number of aryl methyl sites for hydroxylation is 3. The van der Waals surface area contributed by atoms with Gasteiger partial charge in [0.25, 0.3) is 5.91 Å². The number of hydrazone groups is 1. The van der Waals surface area contributed by atoms with Crippen LogP contribution in [-0.4, -0.2) is 18.2 Å². The maximum atomic E-state index is 12.3. The summed E-state index contributed by atoms with van der Waals surface area (Å²) in [6, 6.07) is 19.5. The molecule has 0 fully saturated rings. The fourth-order valence-corrected chi connectivity index (χ4v) is 3.13. The lowest BCUT2D eigenvalue weighted by Crippen LogP contribution is -2.20. The Morgan fingerprint density at radius 2 is 1.37 bits per heavy atom. The number of carbonyl (C=O) groups excluding carboxylic acids is 2. The van der Waals surface area contributed by atoms with Gasteiger partial charge in [-0.25, -0.2) is 10.2 Å². The molecule has 0 heterocycles. The van der Waals surface area contributed by atoms with E-state index in [0.717, 1.165) is 16.7 Å². The van der Waals surface area contributed by atoms with Crippen molar-refractivity contribution < 1.29 is 9.59 Å². The lowest BCUT2D eigenvalue weighted by Gasteiger charge is -2.08. The van der Waals surface area contributed by atoms with Gasteiger partial charge >= 0.3 is 6.03 Å². The van der Waals surface area contributed by atoms with Crippen molar-refractivity contribution in [2.24, 2.45) is 5.10 Å². The van der Waals surface area contributed by atoms with E-state index in [-0.39, 0.29) is 11.9 Å². The fourth-order valence-electron chi connectivity index (χ4n) is 3.13. The summed E-state index contributed by atoms with van der Waals surface area (Å²) < 4.78 is 0. The molecule has 0 saturated carbocycles. The first-order chi connectivity index (χ1) is 14.4. The van der Waals surface area contributed by atoms with Crippen LogP contribution in [-0.2, 0) is 0 Å². The Hall–Kier alpha value is -3.93. The van der Waals surface area contributed by atoms with Gasteiger partial charge in [-0.1, -0.05) is 35.9 Å². The minimum absolute atomic E-state index is 0.325. The summed E-state index contributed by atoms with van der Waals surface area (Å²) in [7, 11) is 0. The van der Waals surface area contributed by atoms with E-state index < -0.39 is 0 Å². The molecule has 0 aliphatic carbocycles. The molecule has 30 heavy (non-hydrogen) atoms. The highest BCUT2D eigenvalue weighted by Crippen LogP contribution is 2.14. The van der Waals surface area contributed by atoms with Crippen LogP contribution in [0, 0.1) is 20.8 Å². The maximum absolute atomic E-state index is 12.3. The minimum atomic E-state index is -0.355. The summed E-state index contributed by atoms with van der Waals surface area (Å²) in [4.78, 5) is 24.3. The van der Waals surface area contributed by atoms with Crippen LogP contribution in [0.3, 0.4) is 0 Å². The van der Waals surface area contributed by atoms with Crippen LogP contribution in [0.1, 0.15) is 32.6 Å². The summed E-state index contributed by atoms with van der Waals surface area (Å²) in [5, 5.41) is 9.54. The van der Waals surface area contributed by atoms with Gasteiger partial charge in [-0.2, -0.15) is 5.10 Å². The molecule has 3 amide bonds. The molecule has 0 saturated heterocycles. The smallest absolute Gasteiger partial charge is 0.308 e. The Kier molecular flexibility index (Phi) is 6.60. The maximum Gasteiger partial charge on any atom is 0.323 e. The first-order valence-electron chi connectivity index (χ1n) is 9.57. The van der Waals surface area contributed by atoms with Gasteiger partial charge in [0.15, 0.2) is 0 Å². The van der Waals surface area contributed by atoms with Crippen LogP contribution >= 0.6 is 0 Å². The fraction of sp³-hybridized carbons (Fsp3) is 0.125. The zero-order valence-electron chi connectivity index (χ0n) is 17.2. The van der Waals surface area contributed by atoms with Crippen molar-refractivity contribution in [2.75, 3.05) is 10.6 Å². The highest BCUT2D eigenvalue weighted by molar-refractivity contribution is 6.00. The number of benzene rings is 3. The molecule has 0 radical (unpaired) electrons. The molecule has 0 aromatic heterocycles. The van der Waals surface area contributed by atoms with Crippen LogP contribution in [0.25, 0.3) is 0 Å². The normalized spacial score (nSPS) is 10.6. The van der Waals surface area contributed by atoms with Gasteiger partial charge in [0.1, 0.15) is 0 Å². The van der Waals surface area contributed by atoms with Gasteiger partial charge in [0, 0.05) is 22.5 Å². The topological polar surface area (TPSA) is 82.6 Å². The van der Waals surface area contributed by atoms with Crippen molar-refractivity contribution in [3.8, 4) is 0 Å². The Bertz CT molecular complexity index is 1050. The van der Waals surface area contributed by atoms with Crippen LogP contribution in [0.4, 0.5) is 16.2 Å². The molecule has 6 nitrogen and oxygen atoms in total. The standard InChI is InChI=1S/C24H24N4O2/c1-16-13-17(2)22(18(3)14-16)15-25-28-23(29)19-9-11-21(12-10-19)27-24(30)26-20-7-5-4-6-8-20/h4-15H,1-3H3,(H,28,29)(H2,26,27,30)/b25-15-. The van der Waals surface area contributed by atoms with Crippen LogP contribution < -0.4 is 16.1 Å². The monoisotopic (exact) mass is 400 g/mol. The molecule has 0 atom stereocenters. The Balaban J connectivity index is 1.57. The number of nitrogens with zero attached hydrogens (tertiary/aromatic N) is 1. The number of rotatable bonds is 5. The van der Waals surface area contributed by atoms with Crippen molar-refractivity contribution >= 4 is 29.5 Å². The van der Waals surface area contributed by atoms with Gasteiger partial charge < -0.3 is 10.6 Å². The highest BCUT2D eigenvalue weighted by atomic mass is 16.2. The van der Waals surface area contributed by atoms with E-state index >= 15 is 0 Å². The molecular formula is C24H24N4O2. The minimum Gasteiger partial charge on any atom is -0.308 e. The number of amides is 3. The summed E-state index contributed by atoms with van der Waals surface area (Å²) in [5.74, 6) is -0.325. The van der Waals surface area contributed by atoms with Gasteiger partial charge in [0.2, 0.25) is 0 Å². The first kappa shape index (κ1) is 20.8. The van der Waals surface area contributed by atoms with E-state index in [1.54, 1.807) is 42.6 Å². The second-order valence-corrected chi connectivity index (χ2v) is 7.03. The average molecular weight is 400 g/mol. The molecule has 0 bridgehead atoms. The molecule has 0 spiro atoms. The molecule has 0 aliphatic heterocycles. The lowest BCUT2D eigenvalue weighted by molar-refractivity contribution is 0.0955. The van der Waals surface area contributed by atoms with Crippen molar-refractivity contribution in [1.29, 1.82) is 0 Å². The molecule has 6 heteroatoms. The summed E-state index contributed by atoms with van der Waals surface area (Å²) >= 11 is 0. The zero-order chi connectivity index (χ0) is 21.5. The van der Waals surface area contributed by atoms with E-state index in [4.69, 9.17) is 0 Å². The van der Waals surface area contributed by atoms with Gasteiger partial charge in [0.05, 0.1) is 6.21 Å². The van der Waals surface area contributed by atoms with Crippen molar-refractivity contribution in [1.82, 2.24) is 5.43 Å². The number of anilines is 2. The summed E-state index contributed by atoms with van der Waals surface area (Å²) in [5.41, 5.74) is 8.65. The number of hydrogen-bond donors (Lipinski definition) is 3. The summed E-state index contributed by atoms with van der Waals surface area (Å²) in [6.45, 7) is 6.08. The van der Waals surface area contributed by atoms with E-state index in [2.05, 4.69) is 33.3 Å².